The van der Waals surface area contributed by atoms with Crippen molar-refractivity contribution in [2.24, 2.45) is 5.41 Å². The van der Waals surface area contributed by atoms with Crippen molar-refractivity contribution < 1.29 is 13.5 Å². The Morgan fingerprint density at radius 3 is 2.41 bits per heavy atom. The first-order valence-corrected chi connectivity index (χ1v) is 7.97. The van der Waals surface area contributed by atoms with E-state index in [0.717, 1.165) is 25.7 Å². The molecule has 1 saturated heterocycles. The van der Waals surface area contributed by atoms with E-state index in [0.29, 0.717) is 6.54 Å². The molecule has 1 aliphatic rings. The zero-order chi connectivity index (χ0) is 13.1. The van der Waals surface area contributed by atoms with Crippen LogP contribution in [0.15, 0.2) is 0 Å². The lowest BCUT2D eigenvalue weighted by Gasteiger charge is -2.30. The van der Waals surface area contributed by atoms with Gasteiger partial charge in [-0.15, -0.1) is 0 Å². The number of nitrogens with zero attached hydrogens (tertiary/aromatic N) is 1. The molecule has 1 aliphatic heterocycles. The van der Waals surface area contributed by atoms with Crippen LogP contribution in [-0.2, 0) is 10.0 Å². The molecule has 1 heterocycles. The largest absolute Gasteiger partial charge is 0.395 e. The molecule has 0 bridgehead atoms. The van der Waals surface area contributed by atoms with Crippen LogP contribution in [0.2, 0.25) is 0 Å². The highest BCUT2D eigenvalue weighted by atomic mass is 32.2. The van der Waals surface area contributed by atoms with E-state index < -0.39 is 10.0 Å². The van der Waals surface area contributed by atoms with E-state index in [9.17, 15) is 13.5 Å². The average molecular weight is 263 g/mol. The lowest BCUT2D eigenvalue weighted by atomic mass is 10.0. The molecule has 0 aromatic rings. The van der Waals surface area contributed by atoms with Crippen molar-refractivity contribution in [3.63, 3.8) is 0 Å². The highest BCUT2D eigenvalue weighted by Gasteiger charge is 2.33. The molecule has 0 saturated carbocycles. The molecule has 0 spiro atoms. The molecule has 0 amide bonds. The Kier molecular flexibility index (Phi) is 4.98. The van der Waals surface area contributed by atoms with Crippen LogP contribution in [0.3, 0.4) is 0 Å². The molecular formula is C12H25NO3S. The van der Waals surface area contributed by atoms with Crippen LogP contribution in [0.25, 0.3) is 0 Å². The van der Waals surface area contributed by atoms with E-state index in [2.05, 4.69) is 0 Å². The van der Waals surface area contributed by atoms with Gasteiger partial charge in [0.1, 0.15) is 0 Å². The molecule has 5 heteroatoms. The van der Waals surface area contributed by atoms with Crippen molar-refractivity contribution in [1.82, 2.24) is 4.31 Å². The van der Waals surface area contributed by atoms with Gasteiger partial charge < -0.3 is 5.11 Å². The Morgan fingerprint density at radius 1 is 1.24 bits per heavy atom. The summed E-state index contributed by atoms with van der Waals surface area (Å²) >= 11 is 0. The van der Waals surface area contributed by atoms with Crippen molar-refractivity contribution >= 4 is 10.0 Å². The topological polar surface area (TPSA) is 57.6 Å². The standard InChI is InChI=1S/C12H25NO3S/c1-12(2,3)10-17(15,16)13-8-6-4-5-7-11(13)9-14/h11,14H,4-10H2,1-3H3. The van der Waals surface area contributed by atoms with Crippen LogP contribution in [0.4, 0.5) is 0 Å². The van der Waals surface area contributed by atoms with Gasteiger partial charge in [0.15, 0.2) is 0 Å². The van der Waals surface area contributed by atoms with Crippen LogP contribution >= 0.6 is 0 Å². The van der Waals surface area contributed by atoms with Crippen LogP contribution in [-0.4, -0.2) is 42.8 Å². The fourth-order valence-corrected chi connectivity index (χ4v) is 4.62. The van der Waals surface area contributed by atoms with E-state index in [4.69, 9.17) is 0 Å². The van der Waals surface area contributed by atoms with E-state index in [1.54, 1.807) is 0 Å². The minimum atomic E-state index is -3.25. The smallest absolute Gasteiger partial charge is 0.214 e. The summed E-state index contributed by atoms with van der Waals surface area (Å²) in [6.45, 7) is 6.27. The molecule has 1 atom stereocenters. The number of hydrogen-bond acceptors (Lipinski definition) is 3. The summed E-state index contributed by atoms with van der Waals surface area (Å²) in [7, 11) is -3.25. The van der Waals surface area contributed by atoms with Crippen molar-refractivity contribution in [3.8, 4) is 0 Å². The normalized spacial score (nSPS) is 24.6. The van der Waals surface area contributed by atoms with Gasteiger partial charge in [-0.2, -0.15) is 4.31 Å². The molecular weight excluding hydrogens is 238 g/mol. The second-order valence-corrected chi connectivity index (χ2v) is 8.03. The van der Waals surface area contributed by atoms with Gasteiger partial charge in [-0.1, -0.05) is 33.6 Å². The zero-order valence-corrected chi connectivity index (χ0v) is 12.0. The molecule has 1 rings (SSSR count). The summed E-state index contributed by atoms with van der Waals surface area (Å²) in [4.78, 5) is 0. The second-order valence-electron chi connectivity index (χ2n) is 6.11. The van der Waals surface area contributed by atoms with E-state index >= 15 is 0 Å². The molecule has 0 aliphatic carbocycles. The summed E-state index contributed by atoms with van der Waals surface area (Å²) in [5.74, 6) is 0.149. The van der Waals surface area contributed by atoms with Gasteiger partial charge in [0.2, 0.25) is 10.0 Å². The average Bonchev–Trinajstić information content (AvgIpc) is 2.38. The van der Waals surface area contributed by atoms with Crippen molar-refractivity contribution in [2.75, 3.05) is 18.9 Å². The lowest BCUT2D eigenvalue weighted by molar-refractivity contribution is 0.185. The molecule has 1 fully saturated rings. The van der Waals surface area contributed by atoms with E-state index in [1.165, 1.54) is 4.31 Å². The Hall–Kier alpha value is -0.130. The van der Waals surface area contributed by atoms with Crippen LogP contribution in [0.1, 0.15) is 46.5 Å². The number of aliphatic hydroxyl groups excluding tert-OH is 1. The summed E-state index contributed by atoms with van der Waals surface area (Å²) in [6.07, 6.45) is 3.74. The molecule has 17 heavy (non-hydrogen) atoms. The van der Waals surface area contributed by atoms with Crippen molar-refractivity contribution in [1.29, 1.82) is 0 Å². The Morgan fingerprint density at radius 2 is 1.88 bits per heavy atom. The first-order valence-electron chi connectivity index (χ1n) is 6.37. The number of hydrogen-bond donors (Lipinski definition) is 1. The fraction of sp³-hybridized carbons (Fsp3) is 1.00. The predicted molar refractivity (Wildman–Crippen MR) is 69.3 cm³/mol. The van der Waals surface area contributed by atoms with Crippen LogP contribution < -0.4 is 0 Å². The molecule has 0 aromatic heterocycles. The monoisotopic (exact) mass is 263 g/mol. The molecule has 0 radical (unpaired) electrons. The van der Waals surface area contributed by atoms with Gasteiger partial charge in [-0.25, -0.2) is 8.42 Å². The highest BCUT2D eigenvalue weighted by Crippen LogP contribution is 2.24. The van der Waals surface area contributed by atoms with Crippen molar-refractivity contribution in [2.45, 2.75) is 52.5 Å². The third-order valence-corrected chi connectivity index (χ3v) is 5.43. The van der Waals surface area contributed by atoms with Crippen LogP contribution in [0.5, 0.6) is 0 Å². The summed E-state index contributed by atoms with van der Waals surface area (Å²) in [5.41, 5.74) is -0.245. The Balaban J connectivity index is 2.86. The number of rotatable bonds is 3. The van der Waals surface area contributed by atoms with E-state index in [1.807, 2.05) is 20.8 Å². The Labute approximate surface area is 105 Å². The van der Waals surface area contributed by atoms with Gasteiger partial charge in [0.25, 0.3) is 0 Å². The Bertz CT molecular complexity index is 332. The number of sulfonamides is 1. The van der Waals surface area contributed by atoms with Gasteiger partial charge in [-0.05, 0) is 18.3 Å². The minimum absolute atomic E-state index is 0.0661. The highest BCUT2D eigenvalue weighted by molar-refractivity contribution is 7.89. The fourth-order valence-electron chi connectivity index (χ4n) is 2.33. The van der Waals surface area contributed by atoms with Crippen LogP contribution in [0, 0.1) is 5.41 Å². The van der Waals surface area contributed by atoms with Gasteiger partial charge in [-0.3, -0.25) is 0 Å². The minimum Gasteiger partial charge on any atom is -0.395 e. The molecule has 1 unspecified atom stereocenters. The molecule has 4 nitrogen and oxygen atoms in total. The summed E-state index contributed by atoms with van der Waals surface area (Å²) in [5, 5.41) is 9.34. The third-order valence-electron chi connectivity index (χ3n) is 3.01. The van der Waals surface area contributed by atoms with Crippen molar-refractivity contribution in [3.05, 3.63) is 0 Å². The summed E-state index contributed by atoms with van der Waals surface area (Å²) in [6, 6.07) is -0.218. The maximum Gasteiger partial charge on any atom is 0.214 e. The lowest BCUT2D eigenvalue weighted by Crippen LogP contribution is -2.45. The maximum absolute atomic E-state index is 12.3. The maximum atomic E-state index is 12.3. The second kappa shape index (κ2) is 5.67. The first kappa shape index (κ1) is 14.9. The third kappa shape index (κ3) is 4.56. The van der Waals surface area contributed by atoms with Gasteiger partial charge >= 0.3 is 0 Å². The summed E-state index contributed by atoms with van der Waals surface area (Å²) < 4.78 is 26.2. The molecule has 1 N–H and O–H groups in total. The predicted octanol–water partition coefficient (Wildman–Crippen LogP) is 1.60. The molecule has 102 valence electrons. The molecule has 0 aromatic carbocycles. The van der Waals surface area contributed by atoms with Gasteiger partial charge in [0.05, 0.1) is 12.4 Å². The SMILES string of the molecule is CC(C)(C)CS(=O)(=O)N1CCCCCC1CO. The number of aliphatic hydroxyl groups is 1. The zero-order valence-electron chi connectivity index (χ0n) is 11.1. The van der Waals surface area contributed by atoms with E-state index in [-0.39, 0.29) is 23.8 Å². The quantitative estimate of drug-likeness (QED) is 0.841. The van der Waals surface area contributed by atoms with Gasteiger partial charge in [0, 0.05) is 12.6 Å². The first-order chi connectivity index (χ1) is 7.76.